The molecule has 3 aliphatic rings. The van der Waals surface area contributed by atoms with E-state index in [0.717, 1.165) is 27.0 Å². The first kappa shape index (κ1) is 43.5. The number of carbonyl (C=O) groups is 3. The molecule has 19 heteroatoms. The molecule has 4 aromatic heterocycles. The predicted octanol–water partition coefficient (Wildman–Crippen LogP) is 5.70. The number of esters is 1. The molecule has 3 aliphatic heterocycles. The third-order valence-corrected chi connectivity index (χ3v) is 13.6. The minimum atomic E-state index is -1.92. The fraction of sp³-hybridized carbons (Fsp3) is 0.391. The highest BCUT2D eigenvalue weighted by molar-refractivity contribution is 7.99. The lowest BCUT2D eigenvalue weighted by atomic mass is 9.86. The normalized spacial score (nSPS) is 15.8. The van der Waals surface area contributed by atoms with Gasteiger partial charge in [-0.15, -0.1) is 0 Å². The highest BCUT2D eigenvalue weighted by Gasteiger charge is 2.45. The van der Waals surface area contributed by atoms with E-state index in [0.29, 0.717) is 76.4 Å². The summed E-state index contributed by atoms with van der Waals surface area (Å²) in [6.07, 6.45) is 2.11. The summed E-state index contributed by atoms with van der Waals surface area (Å²) in [4.78, 5) is 76.0. The number of nitrogens with zero attached hydrogens (tertiary/aromatic N) is 8. The number of nitrogens with two attached hydrogens (primary N) is 1. The Labute approximate surface area is 377 Å². The second kappa shape index (κ2) is 17.0. The van der Waals surface area contributed by atoms with E-state index in [9.17, 15) is 24.3 Å². The zero-order valence-electron chi connectivity index (χ0n) is 37.0. The summed E-state index contributed by atoms with van der Waals surface area (Å²) in [6, 6.07) is 10.7. The number of cyclic esters (lactones) is 1. The average Bonchev–Trinajstić information content (AvgIpc) is 4.00. The second-order valence-corrected chi connectivity index (χ2v) is 17.7. The molecule has 0 radical (unpaired) electrons. The molecule has 65 heavy (non-hydrogen) atoms. The molecule has 0 spiro atoms. The highest BCUT2D eigenvalue weighted by Crippen LogP contribution is 2.43. The van der Waals surface area contributed by atoms with Crippen LogP contribution in [0.15, 0.2) is 57.6 Å². The molecule has 9 rings (SSSR count). The number of hydrogen-bond donors (Lipinski definition) is 2. The van der Waals surface area contributed by atoms with Gasteiger partial charge in [0.15, 0.2) is 39.2 Å². The Hall–Kier alpha value is -6.73. The van der Waals surface area contributed by atoms with Crippen LogP contribution in [0.4, 0.5) is 10.6 Å². The molecular weight excluding hydrogens is 855 g/mol. The number of imidazole rings is 1. The van der Waals surface area contributed by atoms with E-state index in [1.807, 2.05) is 44.4 Å². The van der Waals surface area contributed by atoms with Gasteiger partial charge in [-0.05, 0) is 87.6 Å². The average molecular weight is 904 g/mol. The number of nitrogen functional groups attached to an aromatic ring is 1. The molecule has 6 aromatic rings. The van der Waals surface area contributed by atoms with Crippen LogP contribution in [0.1, 0.15) is 74.8 Å². The first-order chi connectivity index (χ1) is 31.2. The van der Waals surface area contributed by atoms with Gasteiger partial charge in [0.05, 0.1) is 29.0 Å². The Balaban J connectivity index is 0.856. The molecule has 18 nitrogen and oxygen atoms in total. The molecule has 3 N–H and O–H groups in total. The van der Waals surface area contributed by atoms with Crippen LogP contribution in [0.25, 0.3) is 33.5 Å². The minimum absolute atomic E-state index is 0.0500. The Morgan fingerprint density at radius 1 is 1.03 bits per heavy atom. The van der Waals surface area contributed by atoms with Crippen molar-refractivity contribution in [2.24, 2.45) is 0 Å². The number of rotatable bonds is 13. The van der Waals surface area contributed by atoms with Crippen molar-refractivity contribution in [1.82, 2.24) is 38.9 Å². The number of aliphatic hydroxyl groups is 1. The van der Waals surface area contributed by atoms with Crippen LogP contribution in [0, 0.1) is 6.92 Å². The van der Waals surface area contributed by atoms with Gasteiger partial charge in [-0.1, -0.05) is 25.6 Å². The second-order valence-electron chi connectivity index (χ2n) is 16.7. The quantitative estimate of drug-likeness (QED) is 0.133. The number of fused-ring (bicyclic) bond motifs is 7. The maximum absolute atomic E-state index is 13.7. The predicted molar refractivity (Wildman–Crippen MR) is 240 cm³/mol. The summed E-state index contributed by atoms with van der Waals surface area (Å²) >= 11 is 1.47. The first-order valence-electron chi connectivity index (χ1n) is 21.6. The van der Waals surface area contributed by atoms with Crippen LogP contribution in [-0.4, -0.2) is 94.9 Å². The lowest BCUT2D eigenvalue weighted by molar-refractivity contribution is -0.172. The van der Waals surface area contributed by atoms with E-state index < -0.39 is 17.7 Å². The lowest BCUT2D eigenvalue weighted by Gasteiger charge is -2.31. The van der Waals surface area contributed by atoms with E-state index in [2.05, 4.69) is 9.97 Å². The van der Waals surface area contributed by atoms with Crippen LogP contribution in [-0.2, 0) is 46.0 Å². The van der Waals surface area contributed by atoms with Gasteiger partial charge in [-0.2, -0.15) is 0 Å². The number of aryl methyl sites for hydroxylation is 3. The van der Waals surface area contributed by atoms with Gasteiger partial charge in [0.1, 0.15) is 18.7 Å². The molecule has 0 fully saturated rings. The van der Waals surface area contributed by atoms with E-state index in [4.69, 9.17) is 34.6 Å². The number of benzene rings is 2. The van der Waals surface area contributed by atoms with E-state index in [1.54, 1.807) is 47.7 Å². The van der Waals surface area contributed by atoms with Gasteiger partial charge in [0, 0.05) is 60.6 Å². The molecule has 0 saturated carbocycles. The summed E-state index contributed by atoms with van der Waals surface area (Å²) < 4.78 is 25.8. The fourth-order valence-corrected chi connectivity index (χ4v) is 9.81. The molecule has 0 aliphatic carbocycles. The van der Waals surface area contributed by atoms with Crippen molar-refractivity contribution in [2.75, 3.05) is 32.7 Å². The van der Waals surface area contributed by atoms with Gasteiger partial charge >= 0.3 is 12.1 Å². The van der Waals surface area contributed by atoms with Crippen molar-refractivity contribution in [1.29, 1.82) is 0 Å². The Morgan fingerprint density at radius 2 is 1.82 bits per heavy atom. The molecular formula is C46H49N9O9S. The minimum Gasteiger partial charge on any atom is -0.458 e. The Kier molecular flexibility index (Phi) is 11.4. The first-order valence-corrected chi connectivity index (χ1v) is 22.4. The molecule has 7 heterocycles. The molecule has 0 bridgehead atoms. The number of carbonyl (C=O) groups excluding carboxylic acids is 3. The number of hydrogen-bond acceptors (Lipinski definition) is 15. The lowest BCUT2D eigenvalue weighted by Crippen LogP contribution is -2.44. The van der Waals surface area contributed by atoms with Crippen molar-refractivity contribution < 1.29 is 38.4 Å². The maximum atomic E-state index is 13.7. The molecule has 338 valence electrons. The highest BCUT2D eigenvalue weighted by atomic mass is 32.2. The van der Waals surface area contributed by atoms with E-state index in [-0.39, 0.29) is 73.8 Å². The molecule has 1 atom stereocenters. The van der Waals surface area contributed by atoms with E-state index >= 15 is 0 Å². The summed E-state index contributed by atoms with van der Waals surface area (Å²) in [5.41, 5.74) is 10.1. The van der Waals surface area contributed by atoms with Gasteiger partial charge in [0.2, 0.25) is 12.7 Å². The van der Waals surface area contributed by atoms with Crippen LogP contribution in [0.2, 0.25) is 0 Å². The SMILES string of the molecule is CCc1c2c(nc3ccc(OC(=O)N(C)CCC(=O)N(CCCn4c(Sc5cc6c(cc5C)OCO6)nc5c(N)ncnc54)C(C)C)cc13)-c1cc3c(c(=O)n1C2)COC(=O)[C@]3(O)CC. The number of amides is 2. The monoisotopic (exact) mass is 903 g/mol. The summed E-state index contributed by atoms with van der Waals surface area (Å²) in [5, 5.41) is 12.7. The fourth-order valence-electron chi connectivity index (χ4n) is 8.80. The van der Waals surface area contributed by atoms with Crippen molar-refractivity contribution in [2.45, 2.75) is 102 Å². The number of anilines is 1. The largest absolute Gasteiger partial charge is 0.458 e. The van der Waals surface area contributed by atoms with E-state index in [1.165, 1.54) is 23.0 Å². The standard InChI is InChI=1S/C46H49N9O9S/c1-7-27-28-17-26(10-11-32(28)50-38-29(27)20-55-33(38)18-31-30(42(55)57)21-61-43(58)46(31,60)8-2)64-45(59)52(6)15-12-37(56)53(24(3)4)13-9-14-54-41-39(40(47)48-22-49-41)51-44(54)65-36-19-35-34(16-25(36)5)62-23-63-35/h10-11,16-19,22,24,60H,7-9,12-15,20-21,23H2,1-6H3,(H2,47,48,49)/t46-/m0/s1. The van der Waals surface area contributed by atoms with Gasteiger partial charge in [0.25, 0.3) is 5.56 Å². The smallest absolute Gasteiger partial charge is 0.414 e. The van der Waals surface area contributed by atoms with Crippen LogP contribution < -0.4 is 25.5 Å². The topological polar surface area (TPSA) is 219 Å². The summed E-state index contributed by atoms with van der Waals surface area (Å²) in [7, 11) is 1.59. The summed E-state index contributed by atoms with van der Waals surface area (Å²) in [5.74, 6) is 1.07. The van der Waals surface area contributed by atoms with Crippen LogP contribution >= 0.6 is 11.8 Å². The van der Waals surface area contributed by atoms with Crippen LogP contribution in [0.3, 0.4) is 0 Å². The maximum Gasteiger partial charge on any atom is 0.414 e. The van der Waals surface area contributed by atoms with Gasteiger partial charge in [-0.25, -0.2) is 29.5 Å². The molecule has 2 amide bonds. The number of aromatic nitrogens is 6. The molecule has 2 aromatic carbocycles. The van der Waals surface area contributed by atoms with Gasteiger partial charge < -0.3 is 48.7 Å². The number of pyridine rings is 2. The van der Waals surface area contributed by atoms with Crippen molar-refractivity contribution in [3.8, 4) is 28.6 Å². The van der Waals surface area contributed by atoms with Crippen molar-refractivity contribution in [3.05, 3.63) is 80.9 Å². The van der Waals surface area contributed by atoms with Crippen molar-refractivity contribution in [3.63, 3.8) is 0 Å². The van der Waals surface area contributed by atoms with Crippen molar-refractivity contribution >= 4 is 57.6 Å². The zero-order chi connectivity index (χ0) is 45.9. The Bertz CT molecular complexity index is 3010. The third-order valence-electron chi connectivity index (χ3n) is 12.4. The third kappa shape index (κ3) is 7.65. The van der Waals surface area contributed by atoms with Gasteiger partial charge in [-0.3, -0.25) is 9.59 Å². The number of ether oxygens (including phenoxy) is 4. The Morgan fingerprint density at radius 3 is 2.57 bits per heavy atom. The summed E-state index contributed by atoms with van der Waals surface area (Å²) in [6.45, 7) is 10.9. The molecule has 0 unspecified atom stereocenters. The molecule has 0 saturated heterocycles. The zero-order valence-corrected chi connectivity index (χ0v) is 37.8. The van der Waals surface area contributed by atoms with Crippen LogP contribution in [0.5, 0.6) is 17.2 Å².